The molecule has 174 valence electrons. The van der Waals surface area contributed by atoms with E-state index in [9.17, 15) is 14.0 Å². The third-order valence-electron chi connectivity index (χ3n) is 5.49. The number of carbonyl (C=O) groups excluding carboxylic acids is 2. The Kier molecular flexibility index (Phi) is 7.09. The van der Waals surface area contributed by atoms with Gasteiger partial charge in [-0.25, -0.2) is 9.18 Å². The van der Waals surface area contributed by atoms with Gasteiger partial charge in [-0.15, -0.1) is 11.3 Å². The number of nitrogens with one attached hydrogen (secondary N) is 1. The van der Waals surface area contributed by atoms with Gasteiger partial charge in [0.1, 0.15) is 11.9 Å². The molecule has 2 saturated heterocycles. The third kappa shape index (κ3) is 5.60. The minimum Gasteiger partial charge on any atom is -0.442 e. The number of amides is 2. The van der Waals surface area contributed by atoms with Gasteiger partial charge >= 0.3 is 6.09 Å². The van der Waals surface area contributed by atoms with Crippen LogP contribution in [0.4, 0.5) is 20.6 Å². The largest absolute Gasteiger partial charge is 0.442 e. The number of piperazine rings is 1. The lowest BCUT2D eigenvalue weighted by Crippen LogP contribution is -2.48. The van der Waals surface area contributed by atoms with Crippen molar-refractivity contribution >= 4 is 58.1 Å². The van der Waals surface area contributed by atoms with E-state index in [1.54, 1.807) is 34.4 Å². The van der Waals surface area contributed by atoms with Crippen molar-refractivity contribution in [3.05, 3.63) is 52.5 Å². The summed E-state index contributed by atoms with van der Waals surface area (Å²) in [6, 6.07) is 8.58. The molecule has 3 heterocycles. The molecule has 0 unspecified atom stereocenters. The van der Waals surface area contributed by atoms with Gasteiger partial charge < -0.3 is 25.6 Å². The molecule has 1 atom stereocenters. The number of rotatable bonds is 6. The zero-order chi connectivity index (χ0) is 23.4. The fraction of sp³-hybridized carbons (Fsp3) is 0.318. The van der Waals surface area contributed by atoms with Crippen LogP contribution in [0.5, 0.6) is 0 Å². The van der Waals surface area contributed by atoms with Gasteiger partial charge in [0.25, 0.3) is 0 Å². The lowest BCUT2D eigenvalue weighted by atomic mass is 10.2. The fourth-order valence-electron chi connectivity index (χ4n) is 3.79. The second-order valence-electron chi connectivity index (χ2n) is 7.66. The standard InChI is InChI=1S/C22H24FN5O3S2/c23-18-12-15(28-14-16(31-22(28)30)13-25-21(24)32)3-5-19(18)26-7-9-27(10-8-26)20(29)6-4-17-2-1-11-33-17/h1-6,11-12,16H,7-10,13-14H2,(H3,24,25,32)/t16-/m0/s1. The fourth-order valence-corrected chi connectivity index (χ4v) is 4.49. The van der Waals surface area contributed by atoms with Crippen LogP contribution in [-0.4, -0.2) is 67.4 Å². The van der Waals surface area contributed by atoms with E-state index in [1.807, 2.05) is 28.5 Å². The van der Waals surface area contributed by atoms with Crippen LogP contribution in [0.1, 0.15) is 4.88 Å². The molecule has 4 rings (SSSR count). The molecule has 0 bridgehead atoms. The average molecular weight is 490 g/mol. The summed E-state index contributed by atoms with van der Waals surface area (Å²) in [4.78, 5) is 30.7. The molecule has 33 heavy (non-hydrogen) atoms. The summed E-state index contributed by atoms with van der Waals surface area (Å²) in [5.74, 6) is -0.478. The zero-order valence-corrected chi connectivity index (χ0v) is 19.4. The second kappa shape index (κ2) is 10.2. The number of nitrogens with zero attached hydrogens (tertiary/aromatic N) is 3. The molecule has 2 fully saturated rings. The molecule has 2 amide bonds. The monoisotopic (exact) mass is 489 g/mol. The van der Waals surface area contributed by atoms with Gasteiger partial charge in [0.15, 0.2) is 5.11 Å². The lowest BCUT2D eigenvalue weighted by molar-refractivity contribution is -0.126. The molecule has 1 aromatic carbocycles. The average Bonchev–Trinajstić information content (AvgIpc) is 3.45. The van der Waals surface area contributed by atoms with Crippen LogP contribution in [0.3, 0.4) is 0 Å². The van der Waals surface area contributed by atoms with Crippen molar-refractivity contribution in [3.63, 3.8) is 0 Å². The van der Waals surface area contributed by atoms with Crippen LogP contribution in [0, 0.1) is 5.82 Å². The Labute approximate surface area is 200 Å². The predicted molar refractivity (Wildman–Crippen MR) is 131 cm³/mol. The third-order valence-corrected chi connectivity index (χ3v) is 6.47. The van der Waals surface area contributed by atoms with E-state index in [-0.39, 0.29) is 17.6 Å². The van der Waals surface area contributed by atoms with Gasteiger partial charge in [-0.2, -0.15) is 0 Å². The van der Waals surface area contributed by atoms with E-state index in [0.29, 0.717) is 44.1 Å². The molecule has 8 nitrogen and oxygen atoms in total. The lowest BCUT2D eigenvalue weighted by Gasteiger charge is -2.36. The first-order valence-corrected chi connectivity index (χ1v) is 11.8. The number of carbonyl (C=O) groups is 2. The van der Waals surface area contributed by atoms with E-state index in [2.05, 4.69) is 5.32 Å². The summed E-state index contributed by atoms with van der Waals surface area (Å²) in [6.07, 6.45) is 2.42. The topological polar surface area (TPSA) is 91.1 Å². The van der Waals surface area contributed by atoms with Gasteiger partial charge in [-0.05, 0) is 47.9 Å². The van der Waals surface area contributed by atoms with E-state index in [1.165, 1.54) is 11.0 Å². The molecule has 2 aromatic rings. The molecule has 1 aromatic heterocycles. The summed E-state index contributed by atoms with van der Waals surface area (Å²) in [5.41, 5.74) is 6.27. The Morgan fingerprint density at radius 1 is 1.30 bits per heavy atom. The summed E-state index contributed by atoms with van der Waals surface area (Å²) in [5, 5.41) is 4.85. The van der Waals surface area contributed by atoms with Crippen molar-refractivity contribution in [1.82, 2.24) is 10.2 Å². The highest BCUT2D eigenvalue weighted by Gasteiger charge is 2.33. The van der Waals surface area contributed by atoms with Crippen LogP contribution in [0.15, 0.2) is 41.8 Å². The Morgan fingerprint density at radius 3 is 2.76 bits per heavy atom. The van der Waals surface area contributed by atoms with Gasteiger partial charge in [0, 0.05) is 37.1 Å². The van der Waals surface area contributed by atoms with Crippen molar-refractivity contribution in [3.8, 4) is 0 Å². The van der Waals surface area contributed by atoms with Crippen molar-refractivity contribution in [2.24, 2.45) is 5.73 Å². The molecule has 0 radical (unpaired) electrons. The van der Waals surface area contributed by atoms with E-state index in [0.717, 1.165) is 4.88 Å². The highest BCUT2D eigenvalue weighted by molar-refractivity contribution is 7.80. The Balaban J connectivity index is 1.34. The van der Waals surface area contributed by atoms with Gasteiger partial charge in [-0.1, -0.05) is 6.07 Å². The van der Waals surface area contributed by atoms with Crippen LogP contribution in [-0.2, 0) is 9.53 Å². The molecule has 0 aliphatic carbocycles. The van der Waals surface area contributed by atoms with Gasteiger partial charge in [0.05, 0.1) is 24.5 Å². The van der Waals surface area contributed by atoms with Gasteiger partial charge in [-0.3, -0.25) is 9.69 Å². The van der Waals surface area contributed by atoms with Gasteiger partial charge in [0.2, 0.25) is 5.91 Å². The number of thiophene rings is 1. The van der Waals surface area contributed by atoms with Crippen LogP contribution >= 0.6 is 23.6 Å². The molecule has 3 N–H and O–H groups in total. The number of benzene rings is 1. The molecular formula is C22H24FN5O3S2. The maximum Gasteiger partial charge on any atom is 0.414 e. The second-order valence-corrected chi connectivity index (χ2v) is 9.08. The first-order chi connectivity index (χ1) is 15.9. The van der Waals surface area contributed by atoms with Crippen molar-refractivity contribution < 1.29 is 18.7 Å². The molecule has 11 heteroatoms. The Bertz CT molecular complexity index is 1050. The summed E-state index contributed by atoms with van der Waals surface area (Å²) < 4.78 is 20.2. The van der Waals surface area contributed by atoms with Crippen LogP contribution in [0.25, 0.3) is 6.08 Å². The van der Waals surface area contributed by atoms with Crippen molar-refractivity contribution in [2.75, 3.05) is 49.1 Å². The number of cyclic esters (lactones) is 1. The van der Waals surface area contributed by atoms with Crippen molar-refractivity contribution in [1.29, 1.82) is 0 Å². The predicted octanol–water partition coefficient (Wildman–Crippen LogP) is 2.41. The molecule has 2 aliphatic heterocycles. The minimum atomic E-state index is -0.542. The first-order valence-electron chi connectivity index (χ1n) is 10.5. The van der Waals surface area contributed by atoms with Crippen LogP contribution < -0.4 is 20.9 Å². The number of thiocarbonyl (C=S) groups is 1. The number of nitrogens with two attached hydrogens (primary N) is 1. The maximum atomic E-state index is 14.9. The summed E-state index contributed by atoms with van der Waals surface area (Å²) >= 11 is 6.33. The molecular weight excluding hydrogens is 465 g/mol. The quantitative estimate of drug-likeness (QED) is 0.476. The van der Waals surface area contributed by atoms with Crippen molar-refractivity contribution in [2.45, 2.75) is 6.10 Å². The number of anilines is 2. The normalized spacial score (nSPS) is 18.6. The van der Waals surface area contributed by atoms with E-state index < -0.39 is 18.0 Å². The van der Waals surface area contributed by atoms with Crippen LogP contribution in [0.2, 0.25) is 0 Å². The van der Waals surface area contributed by atoms with E-state index in [4.69, 9.17) is 22.7 Å². The minimum absolute atomic E-state index is 0.0501. The molecule has 0 spiro atoms. The molecule has 2 aliphatic rings. The summed E-state index contributed by atoms with van der Waals surface area (Å²) in [7, 11) is 0. The molecule has 0 saturated carbocycles. The summed E-state index contributed by atoms with van der Waals surface area (Å²) in [6.45, 7) is 2.62. The zero-order valence-electron chi connectivity index (χ0n) is 17.8. The number of hydrogen-bond acceptors (Lipinski definition) is 6. The number of ether oxygens (including phenoxy) is 1. The maximum absolute atomic E-state index is 14.9. The Hall–Kier alpha value is -3.18. The first kappa shape index (κ1) is 23.0. The smallest absolute Gasteiger partial charge is 0.414 e. The number of halogens is 1. The highest BCUT2D eigenvalue weighted by atomic mass is 32.1. The SMILES string of the molecule is NC(=S)NC[C@H]1CN(c2ccc(N3CCN(C(=O)C=Cc4cccs4)CC3)c(F)c2)C(=O)O1. The highest BCUT2D eigenvalue weighted by Crippen LogP contribution is 2.28. The van der Waals surface area contributed by atoms with E-state index >= 15 is 0 Å². The number of hydrogen-bond donors (Lipinski definition) is 2. The Morgan fingerprint density at radius 2 is 2.09 bits per heavy atom.